The van der Waals surface area contributed by atoms with Crippen molar-refractivity contribution in [3.05, 3.63) is 65.3 Å². The highest BCUT2D eigenvalue weighted by atomic mass is 16.5. The van der Waals surface area contributed by atoms with Crippen molar-refractivity contribution in [1.82, 2.24) is 14.9 Å². The molecule has 38 heavy (non-hydrogen) atoms. The summed E-state index contributed by atoms with van der Waals surface area (Å²) in [6, 6.07) is 8.46. The maximum atomic E-state index is 12.6. The van der Waals surface area contributed by atoms with E-state index < -0.39 is 0 Å². The molecule has 0 radical (unpaired) electrons. The number of rotatable bonds is 10. The molecular formula is C31H41N5O2. The number of benzene rings is 1. The number of aryl methyl sites for hydroxylation is 1. The Morgan fingerprint density at radius 1 is 1.05 bits per heavy atom. The van der Waals surface area contributed by atoms with E-state index >= 15 is 0 Å². The number of amides is 1. The van der Waals surface area contributed by atoms with Gasteiger partial charge in [-0.3, -0.25) is 4.79 Å². The summed E-state index contributed by atoms with van der Waals surface area (Å²) in [4.78, 5) is 29.4. The quantitative estimate of drug-likeness (QED) is 0.373. The highest BCUT2D eigenvalue weighted by molar-refractivity contribution is 5.77. The Bertz CT molecular complexity index is 1090. The fourth-order valence-electron chi connectivity index (χ4n) is 5.21. The molecular weight excluding hydrogens is 474 g/mol. The topological polar surface area (TPSA) is 62.9 Å². The number of anilines is 1. The number of piperidine rings is 2. The van der Waals surface area contributed by atoms with Gasteiger partial charge in [-0.05, 0) is 66.9 Å². The molecule has 0 unspecified atom stereocenters. The Labute approximate surface area is 227 Å². The van der Waals surface area contributed by atoms with E-state index in [1.165, 1.54) is 16.7 Å². The van der Waals surface area contributed by atoms with Crippen molar-refractivity contribution in [3.8, 4) is 5.75 Å². The van der Waals surface area contributed by atoms with E-state index in [2.05, 4.69) is 63.9 Å². The van der Waals surface area contributed by atoms with Crippen LogP contribution in [0.15, 0.2) is 42.7 Å². The third-order valence-corrected chi connectivity index (χ3v) is 7.84. The van der Waals surface area contributed by atoms with E-state index in [0.717, 1.165) is 89.4 Å². The van der Waals surface area contributed by atoms with E-state index in [0.29, 0.717) is 12.3 Å². The lowest BCUT2D eigenvalue weighted by Crippen LogP contribution is -2.39. The summed E-state index contributed by atoms with van der Waals surface area (Å²) in [5.41, 5.74) is 3.62. The van der Waals surface area contributed by atoms with Crippen LogP contribution in [-0.4, -0.2) is 59.6 Å². The van der Waals surface area contributed by atoms with Gasteiger partial charge in [-0.2, -0.15) is 0 Å². The van der Waals surface area contributed by atoms with E-state index in [4.69, 9.17) is 11.3 Å². The molecule has 0 aliphatic carbocycles. The minimum absolute atomic E-state index is 0.0922. The lowest BCUT2D eigenvalue weighted by Gasteiger charge is -2.31. The number of aromatic nitrogens is 2. The summed E-state index contributed by atoms with van der Waals surface area (Å²) in [6.07, 6.45) is 13.0. The maximum Gasteiger partial charge on any atom is 0.227 e. The predicted octanol–water partition coefficient (Wildman–Crippen LogP) is 5.82. The third kappa shape index (κ3) is 7.56. The second kappa shape index (κ2) is 13.9. The van der Waals surface area contributed by atoms with Gasteiger partial charge in [0.25, 0.3) is 0 Å². The molecule has 0 saturated carbocycles. The number of ether oxygens (including phenoxy) is 1. The molecule has 2 aliphatic heterocycles. The van der Waals surface area contributed by atoms with E-state index in [1.807, 2.05) is 17.3 Å². The van der Waals surface area contributed by atoms with Crippen LogP contribution in [0.3, 0.4) is 0 Å². The van der Waals surface area contributed by atoms with Crippen LogP contribution in [0.4, 0.5) is 5.95 Å². The monoisotopic (exact) mass is 515 g/mol. The molecule has 0 N–H and O–H groups in total. The molecule has 0 bridgehead atoms. The normalized spacial score (nSPS) is 17.3. The summed E-state index contributed by atoms with van der Waals surface area (Å²) in [5.74, 6) is 2.49. The van der Waals surface area contributed by atoms with Gasteiger partial charge in [0.2, 0.25) is 17.9 Å². The number of carbonyl (C=O) groups excluding carboxylic acids is 1. The van der Waals surface area contributed by atoms with Gasteiger partial charge >= 0.3 is 0 Å². The van der Waals surface area contributed by atoms with Crippen molar-refractivity contribution in [2.75, 3.05) is 37.7 Å². The minimum Gasteiger partial charge on any atom is -0.493 e. The first-order valence-electron chi connectivity index (χ1n) is 14.2. The van der Waals surface area contributed by atoms with Crippen LogP contribution < -0.4 is 9.64 Å². The molecule has 1 aromatic heterocycles. The van der Waals surface area contributed by atoms with Gasteiger partial charge in [-0.25, -0.2) is 16.5 Å². The summed E-state index contributed by atoms with van der Waals surface area (Å²) in [6.45, 7) is 15.5. The zero-order valence-corrected chi connectivity index (χ0v) is 22.9. The first-order chi connectivity index (χ1) is 18.6. The smallest absolute Gasteiger partial charge is 0.227 e. The molecule has 2 saturated heterocycles. The van der Waals surface area contributed by atoms with E-state index in [1.54, 1.807) is 0 Å². The number of likely N-dealkylation sites (tertiary alicyclic amines) is 1. The van der Waals surface area contributed by atoms with Gasteiger partial charge < -0.3 is 19.4 Å². The number of hydrogen-bond donors (Lipinski definition) is 0. The van der Waals surface area contributed by atoms with Crippen LogP contribution in [0.25, 0.3) is 10.4 Å². The Balaban J connectivity index is 1.19. The van der Waals surface area contributed by atoms with Crippen molar-refractivity contribution in [3.63, 3.8) is 0 Å². The lowest BCUT2D eigenvalue weighted by molar-refractivity contribution is -0.132. The zero-order chi connectivity index (χ0) is 26.7. The number of allylic oxidation sites excluding steroid dienone is 2. The second-order valence-corrected chi connectivity index (χ2v) is 10.4. The van der Waals surface area contributed by atoms with Crippen molar-refractivity contribution in [2.24, 2.45) is 5.92 Å². The van der Waals surface area contributed by atoms with E-state index in [9.17, 15) is 4.79 Å². The molecule has 1 amide bonds. The second-order valence-electron chi connectivity index (χ2n) is 10.4. The molecule has 3 heterocycles. The van der Waals surface area contributed by atoms with Crippen LogP contribution in [0.2, 0.25) is 0 Å². The molecule has 2 aromatic rings. The predicted molar refractivity (Wildman–Crippen MR) is 152 cm³/mol. The molecule has 2 fully saturated rings. The molecule has 0 atom stereocenters. The Morgan fingerprint density at radius 2 is 1.74 bits per heavy atom. The van der Waals surface area contributed by atoms with Crippen molar-refractivity contribution < 1.29 is 9.53 Å². The summed E-state index contributed by atoms with van der Waals surface area (Å²) in [5, 5.41) is 0. The summed E-state index contributed by atoms with van der Waals surface area (Å²) in [7, 11) is 0. The van der Waals surface area contributed by atoms with E-state index in [-0.39, 0.29) is 11.9 Å². The fraction of sp³-hybridized carbons (Fsp3) is 0.548. The third-order valence-electron chi connectivity index (χ3n) is 7.84. The SMILES string of the molecule is [C-]#[N+]C1CCN(C(=O)CC/C=C(\CC)c2ccc(OCC3CCN(c4ncc(CC)cn4)CC3)cc2)CC1. The minimum atomic E-state index is 0.0922. The van der Waals surface area contributed by atoms with Gasteiger partial charge in [0, 0.05) is 57.8 Å². The van der Waals surface area contributed by atoms with Crippen molar-refractivity contribution >= 4 is 17.4 Å². The highest BCUT2D eigenvalue weighted by Gasteiger charge is 2.25. The largest absolute Gasteiger partial charge is 0.493 e. The van der Waals surface area contributed by atoms with Crippen LogP contribution >= 0.6 is 0 Å². The first-order valence-corrected chi connectivity index (χ1v) is 14.2. The number of carbonyl (C=O) groups is 1. The Kier molecular flexibility index (Phi) is 10.1. The van der Waals surface area contributed by atoms with Crippen molar-refractivity contribution in [2.45, 2.75) is 71.3 Å². The van der Waals surface area contributed by atoms with Crippen LogP contribution in [-0.2, 0) is 11.2 Å². The molecule has 4 rings (SSSR count). The first kappa shape index (κ1) is 27.6. The fourth-order valence-corrected chi connectivity index (χ4v) is 5.21. The number of nitrogens with zero attached hydrogens (tertiary/aromatic N) is 5. The molecule has 7 nitrogen and oxygen atoms in total. The Morgan fingerprint density at radius 3 is 2.34 bits per heavy atom. The summed E-state index contributed by atoms with van der Waals surface area (Å²) >= 11 is 0. The Hall–Kier alpha value is -3.40. The van der Waals surface area contributed by atoms with Crippen LogP contribution in [0.5, 0.6) is 5.75 Å². The van der Waals surface area contributed by atoms with Gasteiger partial charge in [-0.15, -0.1) is 0 Å². The van der Waals surface area contributed by atoms with Crippen LogP contribution in [0, 0.1) is 12.5 Å². The number of hydrogen-bond acceptors (Lipinski definition) is 5. The highest BCUT2D eigenvalue weighted by Crippen LogP contribution is 2.25. The van der Waals surface area contributed by atoms with Gasteiger partial charge in [0.1, 0.15) is 5.75 Å². The van der Waals surface area contributed by atoms with Gasteiger partial charge in [0.15, 0.2) is 0 Å². The van der Waals surface area contributed by atoms with Crippen molar-refractivity contribution in [1.29, 1.82) is 0 Å². The standard InChI is InChI=1S/C31H41N5O2/c1-4-24-21-33-31(34-22-24)36-17-13-25(14-18-36)23-38-29-11-9-27(10-12-29)26(5-2)7-6-8-30(37)35-19-15-28(32-3)16-20-35/h7,9-12,21-22,25,28H,4-6,8,13-20,23H2,1-2H3/b26-7+. The molecule has 0 spiro atoms. The molecule has 2 aliphatic rings. The maximum absolute atomic E-state index is 12.6. The summed E-state index contributed by atoms with van der Waals surface area (Å²) < 4.78 is 6.14. The zero-order valence-electron chi connectivity index (χ0n) is 22.9. The molecule has 1 aromatic carbocycles. The van der Waals surface area contributed by atoms with Gasteiger partial charge in [0.05, 0.1) is 6.61 Å². The average Bonchev–Trinajstić information content (AvgIpc) is 2.99. The average molecular weight is 516 g/mol. The molecule has 7 heteroatoms. The lowest BCUT2D eigenvalue weighted by atomic mass is 9.98. The van der Waals surface area contributed by atoms with Crippen LogP contribution in [0.1, 0.15) is 69.9 Å². The van der Waals surface area contributed by atoms with Gasteiger partial charge in [-0.1, -0.05) is 32.1 Å². The molecule has 202 valence electrons.